The van der Waals surface area contributed by atoms with Crippen LogP contribution in [0.3, 0.4) is 0 Å². The van der Waals surface area contributed by atoms with E-state index in [9.17, 15) is 9.59 Å². The molecule has 0 spiro atoms. The molecule has 1 unspecified atom stereocenters. The lowest BCUT2D eigenvalue weighted by molar-refractivity contribution is -0.142. The molecular weight excluding hydrogens is 324 g/mol. The standard InChI is InChI=1S/C15H20N2O5.ClH/c1-20-15(19)10-22-13-4-2-3-11(7-13)17-14(18)8-12-9-21-6-5-16-12;/h2-4,7,12,16H,5-6,8-10H2,1H3,(H,17,18);1H. The predicted octanol–water partition coefficient (Wildman–Crippen LogP) is 0.977. The van der Waals surface area contributed by atoms with Crippen molar-refractivity contribution in [3.8, 4) is 5.75 Å². The Morgan fingerprint density at radius 2 is 2.26 bits per heavy atom. The zero-order valence-corrected chi connectivity index (χ0v) is 13.7. The highest BCUT2D eigenvalue weighted by Crippen LogP contribution is 2.17. The summed E-state index contributed by atoms with van der Waals surface area (Å²) in [6, 6.07) is 6.89. The molecule has 2 rings (SSSR count). The Hall–Kier alpha value is -1.83. The molecule has 1 aliphatic rings. The van der Waals surface area contributed by atoms with Crippen molar-refractivity contribution in [2.75, 3.05) is 38.8 Å². The molecule has 1 atom stereocenters. The van der Waals surface area contributed by atoms with Gasteiger partial charge in [-0.25, -0.2) is 4.79 Å². The van der Waals surface area contributed by atoms with Gasteiger partial charge in [-0.3, -0.25) is 4.79 Å². The highest BCUT2D eigenvalue weighted by atomic mass is 35.5. The summed E-state index contributed by atoms with van der Waals surface area (Å²) in [7, 11) is 1.30. The molecule has 1 amide bonds. The maximum absolute atomic E-state index is 12.0. The van der Waals surface area contributed by atoms with E-state index in [1.165, 1.54) is 7.11 Å². The molecule has 1 aromatic rings. The minimum atomic E-state index is -0.460. The van der Waals surface area contributed by atoms with Crippen molar-refractivity contribution in [2.45, 2.75) is 12.5 Å². The number of carbonyl (C=O) groups excluding carboxylic acids is 2. The number of hydrogen-bond acceptors (Lipinski definition) is 6. The summed E-state index contributed by atoms with van der Waals surface area (Å²) >= 11 is 0. The lowest BCUT2D eigenvalue weighted by atomic mass is 10.2. The number of methoxy groups -OCH3 is 1. The third-order valence-corrected chi connectivity index (χ3v) is 3.13. The van der Waals surface area contributed by atoms with Crippen molar-refractivity contribution < 1.29 is 23.8 Å². The van der Waals surface area contributed by atoms with E-state index in [0.29, 0.717) is 31.1 Å². The van der Waals surface area contributed by atoms with E-state index in [1.807, 2.05) is 0 Å². The van der Waals surface area contributed by atoms with Crippen LogP contribution in [-0.4, -0.2) is 51.4 Å². The van der Waals surface area contributed by atoms with Gasteiger partial charge in [-0.2, -0.15) is 0 Å². The van der Waals surface area contributed by atoms with Crippen LogP contribution >= 0.6 is 12.4 Å². The van der Waals surface area contributed by atoms with E-state index in [0.717, 1.165) is 6.54 Å². The van der Waals surface area contributed by atoms with Crippen LogP contribution in [0, 0.1) is 0 Å². The summed E-state index contributed by atoms with van der Waals surface area (Å²) in [6.07, 6.45) is 0.341. The Kier molecular flexibility index (Phi) is 8.39. The van der Waals surface area contributed by atoms with Gasteiger partial charge in [-0.05, 0) is 12.1 Å². The first-order valence-corrected chi connectivity index (χ1v) is 7.08. The van der Waals surface area contributed by atoms with E-state index < -0.39 is 5.97 Å². The molecule has 1 aromatic carbocycles. The fourth-order valence-corrected chi connectivity index (χ4v) is 2.05. The Morgan fingerprint density at radius 3 is 2.96 bits per heavy atom. The molecule has 1 saturated heterocycles. The van der Waals surface area contributed by atoms with Crippen molar-refractivity contribution in [1.82, 2.24) is 5.32 Å². The van der Waals surface area contributed by atoms with Gasteiger partial charge in [-0.1, -0.05) is 6.07 Å². The third-order valence-electron chi connectivity index (χ3n) is 3.13. The van der Waals surface area contributed by atoms with Crippen molar-refractivity contribution in [3.63, 3.8) is 0 Å². The van der Waals surface area contributed by atoms with Crippen LogP contribution in [0.4, 0.5) is 5.69 Å². The molecule has 0 radical (unpaired) electrons. The Morgan fingerprint density at radius 1 is 1.43 bits per heavy atom. The molecule has 1 fully saturated rings. The normalized spacial score (nSPS) is 16.8. The first kappa shape index (κ1) is 19.2. The number of amides is 1. The maximum atomic E-state index is 12.0. The highest BCUT2D eigenvalue weighted by Gasteiger charge is 2.17. The smallest absolute Gasteiger partial charge is 0.343 e. The lowest BCUT2D eigenvalue weighted by Gasteiger charge is -2.23. The van der Waals surface area contributed by atoms with E-state index in [2.05, 4.69) is 15.4 Å². The minimum Gasteiger partial charge on any atom is -0.482 e. The SMILES string of the molecule is COC(=O)COc1cccc(NC(=O)CC2COCCN2)c1.Cl. The summed E-state index contributed by atoms with van der Waals surface area (Å²) in [5, 5.41) is 6.03. The minimum absolute atomic E-state index is 0. The van der Waals surface area contributed by atoms with Gasteiger partial charge in [0.25, 0.3) is 0 Å². The number of esters is 1. The molecule has 0 aromatic heterocycles. The third kappa shape index (κ3) is 6.85. The summed E-state index contributed by atoms with van der Waals surface area (Å²) in [5.41, 5.74) is 0.615. The van der Waals surface area contributed by atoms with Crippen LogP contribution in [0.2, 0.25) is 0 Å². The van der Waals surface area contributed by atoms with Crippen molar-refractivity contribution >= 4 is 30.0 Å². The molecule has 0 bridgehead atoms. The first-order valence-electron chi connectivity index (χ1n) is 7.08. The average molecular weight is 345 g/mol. The van der Waals surface area contributed by atoms with Crippen molar-refractivity contribution in [3.05, 3.63) is 24.3 Å². The van der Waals surface area contributed by atoms with Crippen LogP contribution in [0.5, 0.6) is 5.75 Å². The van der Waals surface area contributed by atoms with Gasteiger partial charge in [-0.15, -0.1) is 12.4 Å². The van der Waals surface area contributed by atoms with Crippen molar-refractivity contribution in [2.24, 2.45) is 0 Å². The molecule has 7 nitrogen and oxygen atoms in total. The molecule has 0 saturated carbocycles. The van der Waals surface area contributed by atoms with Gasteiger partial charge >= 0.3 is 5.97 Å². The number of morpholine rings is 1. The fourth-order valence-electron chi connectivity index (χ4n) is 2.05. The quantitative estimate of drug-likeness (QED) is 0.748. The monoisotopic (exact) mass is 344 g/mol. The summed E-state index contributed by atoms with van der Waals surface area (Å²) in [6.45, 7) is 1.80. The molecular formula is C15H21ClN2O5. The second-order valence-electron chi connectivity index (χ2n) is 4.87. The number of halogens is 1. The van der Waals surface area contributed by atoms with Gasteiger partial charge in [0.05, 0.1) is 20.3 Å². The summed E-state index contributed by atoms with van der Waals surface area (Å²) in [5.74, 6) is -0.0757. The van der Waals surface area contributed by atoms with Crippen LogP contribution in [0.1, 0.15) is 6.42 Å². The highest BCUT2D eigenvalue weighted by molar-refractivity contribution is 5.91. The Labute approximate surface area is 141 Å². The van der Waals surface area contributed by atoms with Crippen LogP contribution in [0.25, 0.3) is 0 Å². The van der Waals surface area contributed by atoms with E-state index in [-0.39, 0.29) is 31.0 Å². The first-order chi connectivity index (χ1) is 10.7. The molecule has 1 heterocycles. The Balaban J connectivity index is 0.00000264. The zero-order chi connectivity index (χ0) is 15.8. The van der Waals surface area contributed by atoms with Gasteiger partial charge < -0.3 is 24.8 Å². The van der Waals surface area contributed by atoms with Gasteiger partial charge in [0.1, 0.15) is 5.75 Å². The second kappa shape index (κ2) is 10.0. The number of rotatable bonds is 6. The fraction of sp³-hybridized carbons (Fsp3) is 0.467. The molecule has 0 aliphatic carbocycles. The topological polar surface area (TPSA) is 85.9 Å². The second-order valence-corrected chi connectivity index (χ2v) is 4.87. The summed E-state index contributed by atoms with van der Waals surface area (Å²) in [4.78, 5) is 23.0. The molecule has 1 aliphatic heterocycles. The van der Waals surface area contributed by atoms with Gasteiger partial charge in [0, 0.05) is 30.8 Å². The molecule has 128 valence electrons. The van der Waals surface area contributed by atoms with E-state index in [4.69, 9.17) is 9.47 Å². The molecule has 8 heteroatoms. The zero-order valence-electron chi connectivity index (χ0n) is 12.9. The predicted molar refractivity (Wildman–Crippen MR) is 87.1 cm³/mol. The maximum Gasteiger partial charge on any atom is 0.343 e. The van der Waals surface area contributed by atoms with Crippen LogP contribution in [-0.2, 0) is 19.1 Å². The van der Waals surface area contributed by atoms with Crippen LogP contribution < -0.4 is 15.4 Å². The van der Waals surface area contributed by atoms with E-state index in [1.54, 1.807) is 24.3 Å². The van der Waals surface area contributed by atoms with Crippen LogP contribution in [0.15, 0.2) is 24.3 Å². The number of carbonyl (C=O) groups is 2. The average Bonchev–Trinajstić information content (AvgIpc) is 2.53. The van der Waals surface area contributed by atoms with Gasteiger partial charge in [0.2, 0.25) is 5.91 Å². The molecule has 23 heavy (non-hydrogen) atoms. The number of benzene rings is 1. The number of nitrogens with one attached hydrogen (secondary N) is 2. The summed E-state index contributed by atoms with van der Waals surface area (Å²) < 4.78 is 15.1. The largest absolute Gasteiger partial charge is 0.482 e. The Bertz CT molecular complexity index is 520. The van der Waals surface area contributed by atoms with E-state index >= 15 is 0 Å². The molecule has 2 N–H and O–H groups in total. The lowest BCUT2D eigenvalue weighted by Crippen LogP contribution is -2.43. The van der Waals surface area contributed by atoms with Gasteiger partial charge in [0.15, 0.2) is 6.61 Å². The van der Waals surface area contributed by atoms with Crippen molar-refractivity contribution in [1.29, 1.82) is 0 Å². The number of hydrogen-bond donors (Lipinski definition) is 2. The number of anilines is 1. The number of ether oxygens (including phenoxy) is 3.